The number of amides is 1. The minimum absolute atomic E-state index is 0. The normalized spacial score (nSPS) is 14.7. The maximum absolute atomic E-state index is 12.2. The standard InChI is InChI=1S/C22H37ClN6O.HI/c1-5-24-22(25-12-11-21(30)28(6-2)7-3)26-17-18-19(23)9-8-10-20(18)29-15-13-27(4)14-16-29;/h8-10H,5-7,11-17H2,1-4H3,(H2,24,25,26);1H. The molecule has 1 saturated heterocycles. The largest absolute Gasteiger partial charge is 0.369 e. The van der Waals surface area contributed by atoms with E-state index in [1.807, 2.05) is 37.8 Å². The molecule has 0 unspecified atom stereocenters. The van der Waals surface area contributed by atoms with E-state index in [0.29, 0.717) is 25.5 Å². The summed E-state index contributed by atoms with van der Waals surface area (Å²) in [6.07, 6.45) is 0.449. The second kappa shape index (κ2) is 14.7. The van der Waals surface area contributed by atoms with Gasteiger partial charge in [-0.2, -0.15) is 0 Å². The van der Waals surface area contributed by atoms with Crippen LogP contribution in [0, 0.1) is 0 Å². The Labute approximate surface area is 209 Å². The molecule has 0 atom stereocenters. The number of anilines is 1. The monoisotopic (exact) mass is 564 g/mol. The third-order valence-corrected chi connectivity index (χ3v) is 5.78. The van der Waals surface area contributed by atoms with Crippen molar-refractivity contribution in [2.24, 2.45) is 4.99 Å². The molecule has 9 heteroatoms. The van der Waals surface area contributed by atoms with Crippen molar-refractivity contribution < 1.29 is 4.79 Å². The Morgan fingerprint density at radius 1 is 1.13 bits per heavy atom. The molecule has 1 aromatic rings. The van der Waals surface area contributed by atoms with Crippen molar-refractivity contribution in [3.63, 3.8) is 0 Å². The number of nitrogens with zero attached hydrogens (tertiary/aromatic N) is 4. The molecule has 2 rings (SSSR count). The van der Waals surface area contributed by atoms with Crippen LogP contribution in [0.25, 0.3) is 0 Å². The molecule has 31 heavy (non-hydrogen) atoms. The number of piperazine rings is 1. The second-order valence-electron chi connectivity index (χ2n) is 7.47. The molecule has 1 aliphatic heterocycles. The highest BCUT2D eigenvalue weighted by molar-refractivity contribution is 14.0. The Morgan fingerprint density at radius 3 is 2.42 bits per heavy atom. The summed E-state index contributed by atoms with van der Waals surface area (Å²) in [5, 5.41) is 7.27. The van der Waals surface area contributed by atoms with Gasteiger partial charge in [0.2, 0.25) is 5.91 Å². The molecule has 176 valence electrons. The summed E-state index contributed by atoms with van der Waals surface area (Å²) >= 11 is 6.55. The van der Waals surface area contributed by atoms with Gasteiger partial charge in [-0.3, -0.25) is 4.79 Å². The quantitative estimate of drug-likeness (QED) is 0.274. The maximum Gasteiger partial charge on any atom is 0.224 e. The van der Waals surface area contributed by atoms with Gasteiger partial charge in [-0.25, -0.2) is 4.99 Å². The summed E-state index contributed by atoms with van der Waals surface area (Å²) < 4.78 is 0. The van der Waals surface area contributed by atoms with Crippen molar-refractivity contribution in [1.29, 1.82) is 0 Å². The van der Waals surface area contributed by atoms with Crippen molar-refractivity contribution in [1.82, 2.24) is 20.4 Å². The summed E-state index contributed by atoms with van der Waals surface area (Å²) in [4.78, 5) is 23.5. The number of rotatable bonds is 9. The number of carbonyl (C=O) groups is 1. The third kappa shape index (κ3) is 8.65. The molecule has 0 aromatic heterocycles. The van der Waals surface area contributed by atoms with Gasteiger partial charge in [0, 0.05) is 75.1 Å². The molecule has 1 heterocycles. The van der Waals surface area contributed by atoms with Crippen LogP contribution < -0.4 is 15.5 Å². The molecule has 0 saturated carbocycles. The van der Waals surface area contributed by atoms with Gasteiger partial charge in [-0.15, -0.1) is 24.0 Å². The lowest BCUT2D eigenvalue weighted by Crippen LogP contribution is -2.44. The van der Waals surface area contributed by atoms with Crippen molar-refractivity contribution >= 4 is 53.1 Å². The highest BCUT2D eigenvalue weighted by atomic mass is 127. The SMILES string of the molecule is CCNC(=NCc1c(Cl)cccc1N1CCN(C)CC1)NCCC(=O)N(CC)CC.I. The van der Waals surface area contributed by atoms with E-state index in [1.54, 1.807) is 0 Å². The highest BCUT2D eigenvalue weighted by Crippen LogP contribution is 2.29. The topological polar surface area (TPSA) is 63.2 Å². The number of aliphatic imine (C=N–C) groups is 1. The van der Waals surface area contributed by atoms with Gasteiger partial charge in [0.25, 0.3) is 0 Å². The second-order valence-corrected chi connectivity index (χ2v) is 7.87. The van der Waals surface area contributed by atoms with E-state index in [2.05, 4.69) is 33.5 Å². The summed E-state index contributed by atoms with van der Waals surface area (Å²) in [6.45, 7) is 13.4. The number of carbonyl (C=O) groups excluding carboxylic acids is 1. The fourth-order valence-electron chi connectivity index (χ4n) is 3.57. The smallest absolute Gasteiger partial charge is 0.224 e. The lowest BCUT2D eigenvalue weighted by atomic mass is 10.1. The van der Waals surface area contributed by atoms with Gasteiger partial charge < -0.3 is 25.3 Å². The summed E-state index contributed by atoms with van der Waals surface area (Å²) in [5.74, 6) is 0.862. The van der Waals surface area contributed by atoms with E-state index >= 15 is 0 Å². The Balaban J connectivity index is 0.00000480. The van der Waals surface area contributed by atoms with Crippen LogP contribution >= 0.6 is 35.6 Å². The van der Waals surface area contributed by atoms with Crippen molar-refractivity contribution in [3.8, 4) is 0 Å². The number of halogens is 2. The molecule has 2 N–H and O–H groups in total. The zero-order chi connectivity index (χ0) is 21.9. The Kier molecular flexibility index (Phi) is 13.2. The van der Waals surface area contributed by atoms with Crippen LogP contribution in [0.4, 0.5) is 5.69 Å². The molecular formula is C22H38ClIN6O. The first-order valence-corrected chi connectivity index (χ1v) is 11.4. The first-order chi connectivity index (χ1) is 14.5. The predicted molar refractivity (Wildman–Crippen MR) is 142 cm³/mol. The average molecular weight is 565 g/mol. The Hall–Kier alpha value is -1.26. The zero-order valence-corrected chi connectivity index (χ0v) is 22.4. The lowest BCUT2D eigenvalue weighted by molar-refractivity contribution is -0.130. The summed E-state index contributed by atoms with van der Waals surface area (Å²) in [7, 11) is 2.15. The molecule has 1 aliphatic rings. The van der Waals surface area contributed by atoms with E-state index in [9.17, 15) is 4.79 Å². The molecule has 0 spiro atoms. The van der Waals surface area contributed by atoms with Crippen LogP contribution in [0.3, 0.4) is 0 Å². The number of guanidine groups is 1. The van der Waals surface area contributed by atoms with Gasteiger partial charge in [-0.1, -0.05) is 17.7 Å². The van der Waals surface area contributed by atoms with E-state index in [1.165, 1.54) is 0 Å². The van der Waals surface area contributed by atoms with Crippen molar-refractivity contribution in [2.75, 3.05) is 64.3 Å². The Morgan fingerprint density at radius 2 is 1.81 bits per heavy atom. The predicted octanol–water partition coefficient (Wildman–Crippen LogP) is 3.02. The van der Waals surface area contributed by atoms with E-state index in [0.717, 1.165) is 62.1 Å². The summed E-state index contributed by atoms with van der Waals surface area (Å²) in [6, 6.07) is 6.06. The summed E-state index contributed by atoms with van der Waals surface area (Å²) in [5.41, 5.74) is 2.20. The molecular weight excluding hydrogens is 527 g/mol. The first-order valence-electron chi connectivity index (χ1n) is 11.0. The van der Waals surface area contributed by atoms with Crippen molar-refractivity contribution in [2.45, 2.75) is 33.7 Å². The molecule has 1 aromatic carbocycles. The van der Waals surface area contributed by atoms with Crippen LogP contribution in [-0.4, -0.2) is 81.1 Å². The highest BCUT2D eigenvalue weighted by Gasteiger charge is 2.18. The number of benzene rings is 1. The van der Waals surface area contributed by atoms with E-state index in [4.69, 9.17) is 16.6 Å². The first kappa shape index (κ1) is 27.8. The van der Waals surface area contributed by atoms with Crippen LogP contribution in [0.5, 0.6) is 0 Å². The van der Waals surface area contributed by atoms with E-state index in [-0.39, 0.29) is 29.9 Å². The minimum Gasteiger partial charge on any atom is -0.369 e. The van der Waals surface area contributed by atoms with Crippen LogP contribution in [0.2, 0.25) is 5.02 Å². The lowest BCUT2D eigenvalue weighted by Gasteiger charge is -2.35. The molecule has 1 fully saturated rings. The molecule has 0 radical (unpaired) electrons. The molecule has 0 aliphatic carbocycles. The van der Waals surface area contributed by atoms with Crippen LogP contribution in [0.1, 0.15) is 32.8 Å². The van der Waals surface area contributed by atoms with Crippen LogP contribution in [0.15, 0.2) is 23.2 Å². The van der Waals surface area contributed by atoms with Gasteiger partial charge in [0.15, 0.2) is 5.96 Å². The number of hydrogen-bond donors (Lipinski definition) is 2. The Bertz CT molecular complexity index is 705. The third-order valence-electron chi connectivity index (χ3n) is 5.43. The van der Waals surface area contributed by atoms with Gasteiger partial charge in [-0.05, 0) is 40.0 Å². The fraction of sp³-hybridized carbons (Fsp3) is 0.636. The van der Waals surface area contributed by atoms with Gasteiger partial charge in [0.1, 0.15) is 0 Å². The average Bonchev–Trinajstić information content (AvgIpc) is 2.74. The molecule has 7 nitrogen and oxygen atoms in total. The van der Waals surface area contributed by atoms with E-state index < -0.39 is 0 Å². The van der Waals surface area contributed by atoms with Gasteiger partial charge >= 0.3 is 0 Å². The van der Waals surface area contributed by atoms with Crippen LogP contribution in [-0.2, 0) is 11.3 Å². The minimum atomic E-state index is 0. The number of nitrogens with one attached hydrogen (secondary N) is 2. The number of hydrogen-bond acceptors (Lipinski definition) is 4. The zero-order valence-electron chi connectivity index (χ0n) is 19.3. The molecule has 1 amide bonds. The molecule has 0 bridgehead atoms. The van der Waals surface area contributed by atoms with Crippen molar-refractivity contribution in [3.05, 3.63) is 28.8 Å². The number of likely N-dealkylation sites (N-methyl/N-ethyl adjacent to an activating group) is 1. The van der Waals surface area contributed by atoms with Gasteiger partial charge in [0.05, 0.1) is 6.54 Å². The maximum atomic E-state index is 12.2. The fourth-order valence-corrected chi connectivity index (χ4v) is 3.80.